The van der Waals surface area contributed by atoms with Crippen LogP contribution in [0.2, 0.25) is 0 Å². The van der Waals surface area contributed by atoms with Crippen molar-refractivity contribution in [2.24, 2.45) is 0 Å². The molecular weight excluding hydrogens is 206 g/mol. The summed E-state index contributed by atoms with van der Waals surface area (Å²) in [4.78, 5) is 4.53. The van der Waals surface area contributed by atoms with Gasteiger partial charge in [-0.25, -0.2) is 4.98 Å². The highest BCUT2D eigenvalue weighted by atomic mass is 32.2. The third kappa shape index (κ3) is 2.46. The monoisotopic (exact) mass is 223 g/mol. The van der Waals surface area contributed by atoms with Gasteiger partial charge in [0.2, 0.25) is 5.88 Å². The van der Waals surface area contributed by atoms with E-state index in [4.69, 9.17) is 4.74 Å². The molecule has 0 N–H and O–H groups in total. The third-order valence-corrected chi connectivity index (χ3v) is 4.34. The molecule has 1 saturated heterocycles. The fourth-order valence-electron chi connectivity index (χ4n) is 1.75. The van der Waals surface area contributed by atoms with E-state index < -0.39 is 0 Å². The van der Waals surface area contributed by atoms with E-state index in [2.05, 4.69) is 18.0 Å². The van der Waals surface area contributed by atoms with Gasteiger partial charge in [-0.15, -0.1) is 0 Å². The maximum atomic E-state index is 5.41. The summed E-state index contributed by atoms with van der Waals surface area (Å²) < 4.78 is 5.41. The fourth-order valence-corrected chi connectivity index (χ4v) is 2.69. The molecule has 1 fully saturated rings. The molecule has 1 aromatic heterocycles. The molecule has 1 aromatic rings. The quantitative estimate of drug-likeness (QED) is 0.783. The van der Waals surface area contributed by atoms with Crippen LogP contribution >= 0.6 is 11.8 Å². The molecule has 2 atom stereocenters. The average molecular weight is 223 g/mol. The van der Waals surface area contributed by atoms with Gasteiger partial charge in [-0.1, -0.05) is 13.0 Å². The van der Waals surface area contributed by atoms with Crippen LogP contribution in [0.1, 0.15) is 31.9 Å². The molecule has 2 rings (SSSR count). The smallest absolute Gasteiger partial charge is 0.213 e. The normalized spacial score (nSPS) is 21.9. The van der Waals surface area contributed by atoms with E-state index in [1.165, 1.54) is 12.2 Å². The zero-order valence-corrected chi connectivity index (χ0v) is 10.1. The highest BCUT2D eigenvalue weighted by molar-refractivity contribution is 8.01. The van der Waals surface area contributed by atoms with Gasteiger partial charge < -0.3 is 4.74 Å². The Morgan fingerprint density at radius 1 is 1.60 bits per heavy atom. The predicted molar refractivity (Wildman–Crippen MR) is 64.7 cm³/mol. The van der Waals surface area contributed by atoms with Gasteiger partial charge >= 0.3 is 0 Å². The van der Waals surface area contributed by atoms with E-state index in [0.29, 0.717) is 12.5 Å². The summed E-state index contributed by atoms with van der Waals surface area (Å²) in [5.74, 6) is 2.61. The molecule has 0 aromatic carbocycles. The maximum Gasteiger partial charge on any atom is 0.213 e. The van der Waals surface area contributed by atoms with Crippen LogP contribution in [0.3, 0.4) is 0 Å². The Kier molecular flexibility index (Phi) is 3.52. The zero-order valence-electron chi connectivity index (χ0n) is 9.27. The van der Waals surface area contributed by atoms with Gasteiger partial charge in [-0.2, -0.15) is 11.8 Å². The van der Waals surface area contributed by atoms with Crippen LogP contribution in [0.5, 0.6) is 5.88 Å². The third-order valence-electron chi connectivity index (χ3n) is 2.80. The number of hydrogen-bond donors (Lipinski definition) is 0. The van der Waals surface area contributed by atoms with Gasteiger partial charge in [0, 0.05) is 22.9 Å². The summed E-state index contributed by atoms with van der Waals surface area (Å²) >= 11 is 2.05. The molecule has 0 saturated carbocycles. The van der Waals surface area contributed by atoms with Crippen LogP contribution < -0.4 is 4.74 Å². The molecule has 0 spiro atoms. The Balaban J connectivity index is 2.09. The topological polar surface area (TPSA) is 22.1 Å². The Bertz CT molecular complexity index is 325. The minimum Gasteiger partial charge on any atom is -0.478 e. The van der Waals surface area contributed by atoms with Crippen LogP contribution in [0.25, 0.3) is 0 Å². The maximum absolute atomic E-state index is 5.41. The number of rotatable bonds is 4. The van der Waals surface area contributed by atoms with E-state index >= 15 is 0 Å². The number of thioether (sulfide) groups is 1. The van der Waals surface area contributed by atoms with Crippen LogP contribution in [0.4, 0.5) is 0 Å². The van der Waals surface area contributed by atoms with Gasteiger partial charge in [-0.3, -0.25) is 0 Å². The lowest BCUT2D eigenvalue weighted by Crippen LogP contribution is -2.22. The first kappa shape index (κ1) is 10.8. The molecule has 0 radical (unpaired) electrons. The van der Waals surface area contributed by atoms with Crippen LogP contribution in [-0.2, 0) is 0 Å². The number of pyridine rings is 1. The molecule has 2 heterocycles. The average Bonchev–Trinajstić information content (AvgIpc) is 2.16. The summed E-state index contributed by atoms with van der Waals surface area (Å²) in [5.41, 5.74) is 1.16. The lowest BCUT2D eigenvalue weighted by molar-refractivity contribution is 0.325. The molecule has 0 bridgehead atoms. The molecule has 1 aliphatic rings. The number of hydrogen-bond acceptors (Lipinski definition) is 3. The van der Waals surface area contributed by atoms with E-state index in [9.17, 15) is 0 Å². The standard InChI is InChI=1S/C12H17NOS/c1-3-14-12-6-4-5-10(13-12)9(2)11-7-8-15-11/h4-6,9,11H,3,7-8H2,1-2H3. The van der Waals surface area contributed by atoms with E-state index in [1.807, 2.05) is 30.8 Å². The Hall–Kier alpha value is -0.700. The second-order valence-electron chi connectivity index (χ2n) is 3.82. The van der Waals surface area contributed by atoms with Crippen molar-refractivity contribution in [3.05, 3.63) is 23.9 Å². The molecule has 1 aliphatic heterocycles. The first-order valence-electron chi connectivity index (χ1n) is 5.52. The first-order chi connectivity index (χ1) is 7.31. The number of aromatic nitrogens is 1. The summed E-state index contributed by atoms with van der Waals surface area (Å²) in [6, 6.07) is 6.06. The van der Waals surface area contributed by atoms with E-state index in [0.717, 1.165) is 16.8 Å². The fraction of sp³-hybridized carbons (Fsp3) is 0.583. The second kappa shape index (κ2) is 4.88. The highest BCUT2D eigenvalue weighted by Crippen LogP contribution is 2.38. The second-order valence-corrected chi connectivity index (χ2v) is 5.17. The van der Waals surface area contributed by atoms with Gasteiger partial charge in [0.05, 0.1) is 6.61 Å². The molecule has 82 valence electrons. The van der Waals surface area contributed by atoms with Crippen molar-refractivity contribution in [3.8, 4) is 5.88 Å². The van der Waals surface area contributed by atoms with Gasteiger partial charge in [-0.05, 0) is 25.2 Å². The van der Waals surface area contributed by atoms with Crippen molar-refractivity contribution in [2.75, 3.05) is 12.4 Å². The molecule has 0 aliphatic carbocycles. The van der Waals surface area contributed by atoms with Crippen molar-refractivity contribution < 1.29 is 4.74 Å². The molecule has 0 amide bonds. The summed E-state index contributed by atoms with van der Waals surface area (Å²) in [7, 11) is 0. The molecule has 15 heavy (non-hydrogen) atoms. The van der Waals surface area contributed by atoms with Crippen molar-refractivity contribution >= 4 is 11.8 Å². The first-order valence-corrected chi connectivity index (χ1v) is 6.57. The lowest BCUT2D eigenvalue weighted by atomic mass is 10.0. The number of ether oxygens (including phenoxy) is 1. The number of nitrogens with zero attached hydrogens (tertiary/aromatic N) is 1. The van der Waals surface area contributed by atoms with Gasteiger partial charge in [0.25, 0.3) is 0 Å². The van der Waals surface area contributed by atoms with Crippen LogP contribution in [-0.4, -0.2) is 22.6 Å². The largest absolute Gasteiger partial charge is 0.478 e. The zero-order chi connectivity index (χ0) is 10.7. The van der Waals surface area contributed by atoms with Crippen LogP contribution in [0.15, 0.2) is 18.2 Å². The highest BCUT2D eigenvalue weighted by Gasteiger charge is 2.26. The van der Waals surface area contributed by atoms with Crippen molar-refractivity contribution in [2.45, 2.75) is 31.4 Å². The minimum absolute atomic E-state index is 0.546. The summed E-state index contributed by atoms with van der Waals surface area (Å²) in [6.45, 7) is 4.93. The molecular formula is C12H17NOS. The SMILES string of the molecule is CCOc1cccc(C(C)C2CCS2)n1. The lowest BCUT2D eigenvalue weighted by Gasteiger charge is -2.30. The summed E-state index contributed by atoms with van der Waals surface area (Å²) in [6.07, 6.45) is 1.33. The minimum atomic E-state index is 0.546. The van der Waals surface area contributed by atoms with E-state index in [-0.39, 0.29) is 0 Å². The molecule has 2 unspecified atom stereocenters. The van der Waals surface area contributed by atoms with Crippen LogP contribution in [0, 0.1) is 0 Å². The van der Waals surface area contributed by atoms with Gasteiger partial charge in [0.1, 0.15) is 0 Å². The van der Waals surface area contributed by atoms with Crippen molar-refractivity contribution in [1.29, 1.82) is 0 Å². The Morgan fingerprint density at radius 2 is 2.40 bits per heavy atom. The predicted octanol–water partition coefficient (Wildman–Crippen LogP) is 3.09. The van der Waals surface area contributed by atoms with E-state index in [1.54, 1.807) is 0 Å². The van der Waals surface area contributed by atoms with Crippen molar-refractivity contribution in [3.63, 3.8) is 0 Å². The molecule has 2 nitrogen and oxygen atoms in total. The Labute approximate surface area is 95.4 Å². The van der Waals surface area contributed by atoms with Crippen molar-refractivity contribution in [1.82, 2.24) is 4.98 Å². The summed E-state index contributed by atoms with van der Waals surface area (Å²) in [5, 5.41) is 0.759. The Morgan fingerprint density at radius 3 is 3.00 bits per heavy atom. The van der Waals surface area contributed by atoms with Gasteiger partial charge in [0.15, 0.2) is 0 Å². The molecule has 3 heteroatoms.